The zero-order chi connectivity index (χ0) is 36.5. The van der Waals surface area contributed by atoms with Crippen molar-refractivity contribution >= 4 is 23.7 Å². The molecule has 2 aromatic rings. The van der Waals surface area contributed by atoms with Crippen molar-refractivity contribution in [1.29, 1.82) is 0 Å². The van der Waals surface area contributed by atoms with Crippen LogP contribution in [0.4, 0.5) is 50.0 Å². The minimum Gasteiger partial charge on any atom is -0.466 e. The number of carbonyl (C=O) groups excluding carboxylic acids is 2. The third-order valence-electron chi connectivity index (χ3n) is 9.12. The predicted octanol–water partition coefficient (Wildman–Crippen LogP) is 9.24. The molecule has 2 atom stereocenters. The molecule has 0 unspecified atom stereocenters. The summed E-state index contributed by atoms with van der Waals surface area (Å²) in [5, 5.41) is 10.2. The summed E-state index contributed by atoms with van der Waals surface area (Å²) in [7, 11) is 0. The predicted molar refractivity (Wildman–Crippen MR) is 157 cm³/mol. The van der Waals surface area contributed by atoms with Gasteiger partial charge in [0.05, 0.1) is 29.3 Å². The molecule has 7 nitrogen and oxygen atoms in total. The van der Waals surface area contributed by atoms with Gasteiger partial charge in [0.15, 0.2) is 0 Å². The zero-order valence-corrected chi connectivity index (χ0v) is 26.5. The van der Waals surface area contributed by atoms with Crippen molar-refractivity contribution in [2.75, 3.05) is 11.5 Å². The summed E-state index contributed by atoms with van der Waals surface area (Å²) >= 11 is 0. The fourth-order valence-electron chi connectivity index (χ4n) is 6.73. The smallest absolute Gasteiger partial charge is 0.416 e. The van der Waals surface area contributed by atoms with E-state index < -0.39 is 77.3 Å². The average molecular weight is 711 g/mol. The van der Waals surface area contributed by atoms with E-state index in [0.29, 0.717) is 48.8 Å². The van der Waals surface area contributed by atoms with Gasteiger partial charge in [0.25, 0.3) is 0 Å². The molecule has 1 fully saturated rings. The molecule has 0 radical (unpaired) electrons. The van der Waals surface area contributed by atoms with Gasteiger partial charge in [-0.1, -0.05) is 6.92 Å². The summed E-state index contributed by atoms with van der Waals surface area (Å²) in [5.74, 6) is -1.34. The lowest BCUT2D eigenvalue weighted by molar-refractivity contribution is -0.145. The molecule has 1 heterocycles. The molecule has 16 heteroatoms. The Balaban J connectivity index is 1.74. The van der Waals surface area contributed by atoms with Gasteiger partial charge in [-0.25, -0.2) is 4.79 Å². The molecular weight excluding hydrogens is 675 g/mol. The molecule has 0 aromatic heterocycles. The van der Waals surface area contributed by atoms with Crippen molar-refractivity contribution in [2.45, 2.75) is 96.0 Å². The van der Waals surface area contributed by atoms with Crippen LogP contribution in [-0.4, -0.2) is 40.6 Å². The molecule has 1 aliphatic heterocycles. The van der Waals surface area contributed by atoms with Crippen LogP contribution in [0.2, 0.25) is 0 Å². The van der Waals surface area contributed by atoms with Crippen LogP contribution in [0.15, 0.2) is 36.4 Å². The lowest BCUT2D eigenvalue weighted by atomic mass is 9.79. The summed E-state index contributed by atoms with van der Waals surface area (Å²) in [4.78, 5) is 40.4. The van der Waals surface area contributed by atoms with Crippen LogP contribution >= 0.6 is 0 Å². The number of carboxylic acid groups (broad SMARTS) is 1. The molecular formula is C33H35F9N2O5. The van der Waals surface area contributed by atoms with Crippen LogP contribution < -0.4 is 4.90 Å². The van der Waals surface area contributed by atoms with E-state index >= 15 is 0 Å². The van der Waals surface area contributed by atoms with Crippen molar-refractivity contribution in [1.82, 2.24) is 4.90 Å². The van der Waals surface area contributed by atoms with Gasteiger partial charge < -0.3 is 14.7 Å². The standard InChI is InChI=1S/C33H35F9N2O5/c1-3-24-16-27(43(30(47)48)17-19-11-22(32(37,38)39)14-23(12-19)33(40,41)42)25-15-21(31(34,35)36)9-10-26(25)44(24)29(46)20-7-5-18(6-8-20)13-28(45)49-4-2/h9-12,14-15,18,20,24,27H,3-8,13,16-17H2,1-2H3,(H,47,48)/t18?,20?,24-,27+/m1/s1. The Morgan fingerprint density at radius 2 is 1.41 bits per heavy atom. The van der Waals surface area contributed by atoms with E-state index in [1.165, 1.54) is 4.90 Å². The largest absolute Gasteiger partial charge is 0.466 e. The number of halogens is 9. The second-order valence-corrected chi connectivity index (χ2v) is 12.3. The molecule has 4 rings (SSSR count). The first-order valence-electron chi connectivity index (χ1n) is 15.7. The summed E-state index contributed by atoms with van der Waals surface area (Å²) in [5.41, 5.74) is -5.49. The number of carbonyl (C=O) groups is 3. The lowest BCUT2D eigenvalue weighted by Crippen LogP contribution is -2.50. The Labute approximate surface area is 276 Å². The first-order chi connectivity index (χ1) is 22.7. The Bertz CT molecular complexity index is 1500. The average Bonchev–Trinajstić information content (AvgIpc) is 3.01. The van der Waals surface area contributed by atoms with Crippen molar-refractivity contribution < 1.29 is 63.7 Å². The lowest BCUT2D eigenvalue weighted by Gasteiger charge is -2.45. The molecule has 49 heavy (non-hydrogen) atoms. The molecule has 2 aliphatic rings. The SMILES string of the molecule is CCOC(=O)CC1CCC(C(=O)N2c3ccc(C(F)(F)F)cc3[C@@H](N(Cc3cc(C(F)(F)F)cc(C(F)(F)F)c3)C(=O)O)C[C@H]2CC)CC1. The molecule has 2 aromatic carbocycles. The number of hydrogen-bond donors (Lipinski definition) is 1. The van der Waals surface area contributed by atoms with Gasteiger partial charge in [0.1, 0.15) is 0 Å². The quantitative estimate of drug-likeness (QED) is 0.218. The Morgan fingerprint density at radius 3 is 1.90 bits per heavy atom. The monoisotopic (exact) mass is 710 g/mol. The molecule has 1 N–H and O–H groups in total. The van der Waals surface area contributed by atoms with Gasteiger partial charge in [-0.15, -0.1) is 0 Å². The Kier molecular flexibility index (Phi) is 11.2. The summed E-state index contributed by atoms with van der Waals surface area (Å²) < 4.78 is 128. The maximum atomic E-state index is 14.0. The highest BCUT2D eigenvalue weighted by Gasteiger charge is 2.44. The van der Waals surface area contributed by atoms with Crippen LogP contribution in [0.5, 0.6) is 0 Å². The number of anilines is 1. The summed E-state index contributed by atoms with van der Waals surface area (Å²) in [6.07, 6.45) is -15.2. The topological polar surface area (TPSA) is 87.2 Å². The highest BCUT2D eigenvalue weighted by molar-refractivity contribution is 5.97. The number of fused-ring (bicyclic) bond motifs is 1. The van der Waals surface area contributed by atoms with Crippen LogP contribution in [0, 0.1) is 11.8 Å². The first-order valence-corrected chi connectivity index (χ1v) is 15.7. The van der Waals surface area contributed by atoms with Crippen LogP contribution in [0.25, 0.3) is 0 Å². The number of amides is 2. The Hall–Kier alpha value is -3.98. The fraction of sp³-hybridized carbons (Fsp3) is 0.545. The van der Waals surface area contributed by atoms with E-state index in [0.717, 1.165) is 12.1 Å². The number of ether oxygens (including phenoxy) is 1. The molecule has 1 aliphatic carbocycles. The van der Waals surface area contributed by atoms with Crippen LogP contribution in [0.3, 0.4) is 0 Å². The molecule has 1 saturated carbocycles. The zero-order valence-electron chi connectivity index (χ0n) is 26.5. The second-order valence-electron chi connectivity index (χ2n) is 12.3. The van der Waals surface area contributed by atoms with Crippen LogP contribution in [-0.2, 0) is 39.4 Å². The van der Waals surface area contributed by atoms with Gasteiger partial charge in [0.2, 0.25) is 5.91 Å². The summed E-state index contributed by atoms with van der Waals surface area (Å²) in [6, 6.07) is 0.841. The van der Waals surface area contributed by atoms with Gasteiger partial charge in [0, 0.05) is 30.6 Å². The van der Waals surface area contributed by atoms with Crippen molar-refractivity contribution in [2.24, 2.45) is 11.8 Å². The van der Waals surface area contributed by atoms with Crippen molar-refractivity contribution in [3.63, 3.8) is 0 Å². The number of alkyl halides is 9. The van der Waals surface area contributed by atoms with E-state index in [4.69, 9.17) is 4.74 Å². The van der Waals surface area contributed by atoms with E-state index in [1.807, 2.05) is 0 Å². The first kappa shape index (κ1) is 37.8. The number of nitrogens with zero attached hydrogens (tertiary/aromatic N) is 2. The minimum atomic E-state index is -5.21. The van der Waals surface area contributed by atoms with E-state index in [-0.39, 0.29) is 55.1 Å². The number of esters is 1. The minimum absolute atomic E-state index is 0.0183. The summed E-state index contributed by atoms with van der Waals surface area (Å²) in [6.45, 7) is 2.56. The maximum absolute atomic E-state index is 14.0. The highest BCUT2D eigenvalue weighted by atomic mass is 19.4. The highest BCUT2D eigenvalue weighted by Crippen LogP contribution is 2.46. The van der Waals surface area contributed by atoms with Gasteiger partial charge in [-0.2, -0.15) is 39.5 Å². The third-order valence-corrected chi connectivity index (χ3v) is 9.12. The van der Waals surface area contributed by atoms with Gasteiger partial charge >= 0.3 is 30.6 Å². The van der Waals surface area contributed by atoms with Gasteiger partial charge in [-0.05, 0) is 98.9 Å². The number of benzene rings is 2. The number of hydrogen-bond acceptors (Lipinski definition) is 4. The fourth-order valence-corrected chi connectivity index (χ4v) is 6.73. The van der Waals surface area contributed by atoms with Crippen molar-refractivity contribution in [3.05, 3.63) is 64.2 Å². The maximum Gasteiger partial charge on any atom is 0.416 e. The normalized spacial score (nSPS) is 21.6. The molecule has 0 saturated heterocycles. The molecule has 270 valence electrons. The van der Waals surface area contributed by atoms with Crippen LogP contribution in [0.1, 0.15) is 92.7 Å². The number of rotatable bonds is 8. The van der Waals surface area contributed by atoms with E-state index in [9.17, 15) is 59.0 Å². The second kappa shape index (κ2) is 14.5. The van der Waals surface area contributed by atoms with E-state index in [1.54, 1.807) is 13.8 Å². The van der Waals surface area contributed by atoms with Crippen molar-refractivity contribution in [3.8, 4) is 0 Å². The molecule has 2 amide bonds. The Morgan fingerprint density at radius 1 is 0.837 bits per heavy atom. The molecule has 0 spiro atoms. The van der Waals surface area contributed by atoms with E-state index in [2.05, 4.69) is 0 Å². The third kappa shape index (κ3) is 8.79. The molecule has 0 bridgehead atoms. The van der Waals surface area contributed by atoms with Gasteiger partial charge in [-0.3, -0.25) is 14.5 Å².